The summed E-state index contributed by atoms with van der Waals surface area (Å²) in [5, 5.41) is 6.74. The zero-order chi connectivity index (χ0) is 77.7. The number of hydrogen-bond donors (Lipinski definition) is 0. The molecule has 8 saturated heterocycles. The maximum absolute atomic E-state index is 2.82. The van der Waals surface area contributed by atoms with Crippen molar-refractivity contribution in [2.45, 2.75) is 235 Å². The van der Waals surface area contributed by atoms with E-state index in [0.717, 1.165) is 5.92 Å². The van der Waals surface area contributed by atoms with Crippen molar-refractivity contribution in [3.63, 3.8) is 0 Å². The van der Waals surface area contributed by atoms with Crippen LogP contribution >= 0.6 is 0 Å². The van der Waals surface area contributed by atoms with Gasteiger partial charge in [-0.15, -0.1) is 0 Å². The fourth-order valence-electron chi connectivity index (χ4n) is 26.7. The van der Waals surface area contributed by atoms with Gasteiger partial charge < -0.3 is 47.3 Å². The molecule has 30 rings (SSSR count). The van der Waals surface area contributed by atoms with Gasteiger partial charge in [0.25, 0.3) is 0 Å². The molecule has 5 aromatic heterocycles. The van der Waals surface area contributed by atoms with Gasteiger partial charge >= 0.3 is 0 Å². The molecular weight excluding hydrogens is 1380 g/mol. The van der Waals surface area contributed by atoms with E-state index in [0.29, 0.717) is 75.9 Å². The predicted molar refractivity (Wildman–Crippen MR) is 475 cm³/mol. The summed E-state index contributed by atoms with van der Waals surface area (Å²) in [6, 6.07) is 86.3. The predicted octanol–water partition coefficient (Wildman–Crippen LogP) is 24.4. The van der Waals surface area contributed by atoms with E-state index in [1.54, 1.807) is 22.3 Å². The van der Waals surface area contributed by atoms with Crippen molar-refractivity contribution in [1.29, 1.82) is 0 Å². The molecule has 0 N–H and O–H groups in total. The fraction of sp³-hybridized carbons (Fsp3) is 0.437. The monoisotopic (exact) mass is 1500 g/mol. The van der Waals surface area contributed by atoms with Crippen LogP contribution in [0.4, 0.5) is 29.1 Å². The number of fused-ring (bicyclic) bond motifs is 17. The van der Waals surface area contributed by atoms with Crippen LogP contribution in [0.1, 0.15) is 216 Å². The molecule has 0 spiro atoms. The van der Waals surface area contributed by atoms with E-state index < -0.39 is 0 Å². The molecule has 13 aromatic rings. The Hall–Kier alpha value is -9.54. The Morgan fingerprint density at radius 3 is 1.16 bits per heavy atom. The van der Waals surface area contributed by atoms with Crippen molar-refractivity contribution >= 4 is 83.6 Å². The van der Waals surface area contributed by atoms with Gasteiger partial charge in [-0.1, -0.05) is 178 Å². The zero-order valence-electron chi connectivity index (χ0n) is 70.0. The molecule has 10 bridgehead atoms. The molecule has 4 saturated carbocycles. The summed E-state index contributed by atoms with van der Waals surface area (Å²) in [5.74, 6) is 9.67. The summed E-state index contributed by atoms with van der Waals surface area (Å²) >= 11 is 0. The van der Waals surface area contributed by atoms with E-state index in [2.05, 4.69) is 376 Å². The molecule has 0 amide bonds. The first-order chi connectivity index (χ1) is 54.5. The third-order valence-electron chi connectivity index (χ3n) is 33.3. The number of rotatable bonds is 5. The van der Waals surface area contributed by atoms with Crippen LogP contribution in [0.25, 0.3) is 54.5 Å². The summed E-state index contributed by atoms with van der Waals surface area (Å²) in [6.45, 7) is 24.5. The molecular formula is C103H120N10. The van der Waals surface area contributed by atoms with Crippen LogP contribution in [0, 0.1) is 16.7 Å². The highest BCUT2D eigenvalue weighted by Gasteiger charge is 2.63. The van der Waals surface area contributed by atoms with Crippen LogP contribution in [0.2, 0.25) is 0 Å². The van der Waals surface area contributed by atoms with E-state index in [4.69, 9.17) is 0 Å². The molecule has 10 nitrogen and oxygen atoms in total. The third-order valence-corrected chi connectivity index (χ3v) is 33.3. The summed E-state index contributed by atoms with van der Waals surface area (Å²) in [6.07, 6.45) is 19.0. The van der Waals surface area contributed by atoms with Crippen molar-refractivity contribution in [3.8, 4) is 0 Å². The second-order valence-electron chi connectivity index (χ2n) is 38.3. The minimum Gasteiger partial charge on any atom is -0.349 e. The summed E-state index contributed by atoms with van der Waals surface area (Å²) in [5.41, 5.74) is 18.0. The molecule has 113 heavy (non-hydrogen) atoms. The van der Waals surface area contributed by atoms with Gasteiger partial charge in [-0.2, -0.15) is 0 Å². The molecule has 582 valence electrons. The highest BCUT2D eigenvalue weighted by molar-refractivity contribution is 5.90. The highest BCUT2D eigenvalue weighted by atomic mass is 15.4. The third kappa shape index (κ3) is 10.5. The molecule has 17 aliphatic rings. The highest BCUT2D eigenvalue weighted by Crippen LogP contribution is 2.66. The summed E-state index contributed by atoms with van der Waals surface area (Å²) in [7, 11) is 11.1. The van der Waals surface area contributed by atoms with Gasteiger partial charge in [0.05, 0.1) is 17.1 Å². The van der Waals surface area contributed by atoms with E-state index >= 15 is 0 Å². The number of piperidine rings is 7. The maximum atomic E-state index is 2.82. The van der Waals surface area contributed by atoms with Crippen LogP contribution < -0.4 is 24.5 Å². The quantitative estimate of drug-likeness (QED) is 0.172. The number of benzene rings is 8. The van der Waals surface area contributed by atoms with Crippen LogP contribution in [0.15, 0.2) is 224 Å². The standard InChI is InChI=1S/C22H24N2.2C21H22N2.C20H28N2.C19H24N2/c1-15-17-12-13-22(2,19-10-6-5-9-18(17)19)24(15)21-14-16-8-4-7-11-20(16)23(21)3;1-14-17-13-21(2,18-10-6-5-9-16(17)18)23(14)20-12-15-8-4-7-11-19(15)22(20)3;1-14-16-11-12-20(18-9-5-4-8-17(16)18)23(14)21-13-15-7-3-6-10-19(15)22(21)2;1-14-13-19(3)10-11-20(14,4)15(2)22(19)18-12-16-8-6-7-9-17(16)21(18)5;1-14-18-7-10-19(11-8-18,12-9-18)21(14)17-13-15-5-3-4-6-16(15)20(17)2/h4-11,14-15,17H,12-13H2,1-3H3;4-12,14,17H,13H2,1-3H3;3-10,13-14,16,20H,11-12H2,1-2H3;6-9,12,14-15H,10-11,13H2,1-5H3;3-6,13-14H,7-12H2,1-2H3. The van der Waals surface area contributed by atoms with Crippen LogP contribution in [-0.4, -0.2) is 64.1 Å². The normalized spacial score (nSPS) is 31.5. The summed E-state index contributed by atoms with van der Waals surface area (Å²) < 4.78 is 11.9. The first-order valence-electron chi connectivity index (χ1n) is 43.5. The van der Waals surface area contributed by atoms with Crippen LogP contribution in [-0.2, 0) is 46.3 Å². The minimum atomic E-state index is 0.0902. The lowest BCUT2D eigenvalue weighted by molar-refractivity contribution is -0.0456. The van der Waals surface area contributed by atoms with Gasteiger partial charge in [0.15, 0.2) is 0 Å². The number of hydrogen-bond acceptors (Lipinski definition) is 5. The molecule has 8 aromatic carbocycles. The van der Waals surface area contributed by atoms with Gasteiger partial charge in [0.2, 0.25) is 0 Å². The molecule has 10 aliphatic heterocycles. The molecule has 0 radical (unpaired) electrons. The second kappa shape index (κ2) is 26.2. The number of aromatic nitrogens is 5. The van der Waals surface area contributed by atoms with Gasteiger partial charge in [-0.25, -0.2) is 0 Å². The van der Waals surface area contributed by atoms with Crippen molar-refractivity contribution in [1.82, 2.24) is 22.8 Å². The first-order valence-corrected chi connectivity index (χ1v) is 43.5. The molecule has 12 fully saturated rings. The molecule has 15 heterocycles. The van der Waals surface area contributed by atoms with Gasteiger partial charge in [-0.05, 0) is 256 Å². The van der Waals surface area contributed by atoms with Crippen LogP contribution in [0.5, 0.6) is 0 Å². The number of anilines is 5. The Kier molecular flexibility index (Phi) is 16.8. The maximum Gasteiger partial charge on any atom is 0.110 e. The first kappa shape index (κ1) is 72.4. The lowest BCUT2D eigenvalue weighted by atomic mass is 9.49. The smallest absolute Gasteiger partial charge is 0.110 e. The Bertz CT molecular complexity index is 5820. The Balaban J connectivity index is 0.0000000918. The van der Waals surface area contributed by atoms with E-state index in [9.17, 15) is 0 Å². The fourth-order valence-corrected chi connectivity index (χ4v) is 26.7. The number of aryl methyl sites for hydroxylation is 5. The number of nitrogens with zero attached hydrogens (tertiary/aromatic N) is 10. The Morgan fingerprint density at radius 2 is 0.681 bits per heavy atom. The van der Waals surface area contributed by atoms with Crippen molar-refractivity contribution in [2.24, 2.45) is 52.0 Å². The lowest BCUT2D eigenvalue weighted by Gasteiger charge is -2.70. The largest absolute Gasteiger partial charge is 0.349 e. The SMILES string of the molecule is CC1C2CC(C)(c3ccccc32)N1c1cc2ccccc2n1C.CC1C2CCC(C)(c3ccccc32)N1c1cc2ccccc2n1C.CC1C2CCC(c3ccccc32)N1c1cc2ccccc2n1C.CC1CC2(C)CCC1(C)C(C)N2c1cc2ccccc2n1C.CC1N(c2cc3ccccc3n2C)C23CCC1(CC2)CC3. The van der Waals surface area contributed by atoms with Crippen molar-refractivity contribution in [2.75, 3.05) is 24.5 Å². The summed E-state index contributed by atoms with van der Waals surface area (Å²) in [4.78, 5) is 13.6. The van der Waals surface area contributed by atoms with Gasteiger partial charge in [0, 0.05) is 149 Å². The van der Waals surface area contributed by atoms with Gasteiger partial charge in [0.1, 0.15) is 29.1 Å². The molecule has 14 atom stereocenters. The van der Waals surface area contributed by atoms with Gasteiger partial charge in [-0.3, -0.25) is 0 Å². The Morgan fingerprint density at radius 1 is 0.301 bits per heavy atom. The van der Waals surface area contributed by atoms with Crippen molar-refractivity contribution < 1.29 is 0 Å². The Labute approximate surface area is 672 Å². The van der Waals surface area contributed by atoms with E-state index in [1.165, 1.54) is 185 Å². The number of para-hydroxylation sites is 5. The average Bonchev–Trinajstić information content (AvgIpc) is 1.06. The second-order valence-corrected chi connectivity index (χ2v) is 38.3. The topological polar surface area (TPSA) is 40.9 Å². The molecule has 10 heteroatoms. The molecule has 14 unspecified atom stereocenters. The zero-order valence-corrected chi connectivity index (χ0v) is 70.0. The van der Waals surface area contributed by atoms with E-state index in [1.807, 2.05) is 0 Å². The van der Waals surface area contributed by atoms with Crippen LogP contribution in [0.3, 0.4) is 0 Å². The minimum absolute atomic E-state index is 0.0902. The lowest BCUT2D eigenvalue weighted by Crippen LogP contribution is -2.71. The average molecular weight is 1500 g/mol. The van der Waals surface area contributed by atoms with E-state index in [-0.39, 0.29) is 11.1 Å². The van der Waals surface area contributed by atoms with Crippen molar-refractivity contribution in [3.05, 3.63) is 258 Å². The molecule has 7 aliphatic carbocycles.